The Morgan fingerprint density at radius 1 is 1.56 bits per heavy atom. The molecule has 1 aliphatic rings. The van der Waals surface area contributed by atoms with Crippen molar-refractivity contribution in [3.63, 3.8) is 0 Å². The molecule has 0 unspecified atom stereocenters. The van der Waals surface area contributed by atoms with Crippen molar-refractivity contribution in [3.05, 3.63) is 29.6 Å². The van der Waals surface area contributed by atoms with Crippen LogP contribution in [0.5, 0.6) is 0 Å². The number of nitrogens with zero attached hydrogens (tertiary/aromatic N) is 2. The van der Waals surface area contributed by atoms with Crippen LogP contribution >= 0.6 is 0 Å². The lowest BCUT2D eigenvalue weighted by atomic mass is 9.93. The first kappa shape index (κ1) is 13.0. The number of likely N-dealkylation sites (tertiary alicyclic amines) is 1. The fraction of sp³-hybridized carbons (Fsp3) is 0.538. The Balaban J connectivity index is 2.04. The molecule has 1 aliphatic heterocycles. The molecule has 0 aliphatic carbocycles. The molecular formula is C13H20N4O. The highest BCUT2D eigenvalue weighted by Crippen LogP contribution is 2.29. The zero-order valence-electron chi connectivity index (χ0n) is 10.9. The molecule has 0 spiro atoms. The maximum atomic E-state index is 11.4. The maximum Gasteiger partial charge on any atom is 0.283 e. The first-order valence-corrected chi connectivity index (χ1v) is 6.19. The van der Waals surface area contributed by atoms with Gasteiger partial charge in [0, 0.05) is 13.1 Å². The van der Waals surface area contributed by atoms with Crippen molar-refractivity contribution in [2.24, 2.45) is 11.3 Å². The summed E-state index contributed by atoms with van der Waals surface area (Å²) in [4.78, 5) is 18.1. The SMILES string of the molecule is CC1(C)CCN(Cc2cccc(C(=O)NN)n2)C1. The monoisotopic (exact) mass is 248 g/mol. The van der Waals surface area contributed by atoms with Crippen molar-refractivity contribution in [1.29, 1.82) is 0 Å². The number of nitrogen functional groups attached to an aromatic ring is 1. The van der Waals surface area contributed by atoms with Gasteiger partial charge in [0.2, 0.25) is 0 Å². The summed E-state index contributed by atoms with van der Waals surface area (Å²) in [5, 5.41) is 0. The minimum atomic E-state index is -0.349. The van der Waals surface area contributed by atoms with Gasteiger partial charge in [0.05, 0.1) is 5.69 Å². The number of carbonyl (C=O) groups excluding carboxylic acids is 1. The summed E-state index contributed by atoms with van der Waals surface area (Å²) < 4.78 is 0. The van der Waals surface area contributed by atoms with Crippen molar-refractivity contribution in [2.75, 3.05) is 13.1 Å². The van der Waals surface area contributed by atoms with Crippen molar-refractivity contribution in [2.45, 2.75) is 26.8 Å². The van der Waals surface area contributed by atoms with Gasteiger partial charge in [-0.2, -0.15) is 0 Å². The number of aromatic nitrogens is 1. The van der Waals surface area contributed by atoms with E-state index in [1.54, 1.807) is 6.07 Å². The predicted molar refractivity (Wildman–Crippen MR) is 69.6 cm³/mol. The first-order valence-electron chi connectivity index (χ1n) is 6.19. The van der Waals surface area contributed by atoms with E-state index in [1.807, 2.05) is 12.1 Å². The molecule has 0 atom stereocenters. The molecule has 18 heavy (non-hydrogen) atoms. The molecule has 1 fully saturated rings. The smallest absolute Gasteiger partial charge is 0.283 e. The first-order chi connectivity index (χ1) is 8.50. The quantitative estimate of drug-likeness (QED) is 0.474. The van der Waals surface area contributed by atoms with Crippen LogP contribution in [0, 0.1) is 5.41 Å². The largest absolute Gasteiger partial charge is 0.297 e. The minimum absolute atomic E-state index is 0.349. The highest BCUT2D eigenvalue weighted by atomic mass is 16.2. The van der Waals surface area contributed by atoms with E-state index < -0.39 is 0 Å². The Labute approximate surface area is 107 Å². The van der Waals surface area contributed by atoms with E-state index >= 15 is 0 Å². The molecule has 98 valence electrons. The van der Waals surface area contributed by atoms with E-state index in [4.69, 9.17) is 5.84 Å². The van der Waals surface area contributed by atoms with E-state index in [2.05, 4.69) is 29.2 Å². The van der Waals surface area contributed by atoms with Crippen LogP contribution < -0.4 is 11.3 Å². The van der Waals surface area contributed by atoms with Gasteiger partial charge in [-0.15, -0.1) is 0 Å². The maximum absolute atomic E-state index is 11.4. The number of hydrazine groups is 1. The topological polar surface area (TPSA) is 71.2 Å². The van der Waals surface area contributed by atoms with Gasteiger partial charge >= 0.3 is 0 Å². The van der Waals surface area contributed by atoms with Crippen LogP contribution in [0.25, 0.3) is 0 Å². The minimum Gasteiger partial charge on any atom is -0.297 e. The Kier molecular flexibility index (Phi) is 3.63. The molecule has 0 radical (unpaired) electrons. The molecule has 2 rings (SSSR count). The van der Waals surface area contributed by atoms with Gasteiger partial charge in [-0.3, -0.25) is 15.1 Å². The van der Waals surface area contributed by atoms with E-state index in [0.29, 0.717) is 11.1 Å². The van der Waals surface area contributed by atoms with Crippen LogP contribution in [0.2, 0.25) is 0 Å². The molecule has 5 nitrogen and oxygen atoms in total. The lowest BCUT2D eigenvalue weighted by Gasteiger charge is -2.19. The van der Waals surface area contributed by atoms with Crippen molar-refractivity contribution < 1.29 is 4.79 Å². The van der Waals surface area contributed by atoms with Gasteiger partial charge < -0.3 is 0 Å². The second kappa shape index (κ2) is 5.04. The van der Waals surface area contributed by atoms with E-state index in [-0.39, 0.29) is 5.91 Å². The van der Waals surface area contributed by atoms with E-state index in [1.165, 1.54) is 6.42 Å². The number of amides is 1. The number of nitrogens with two attached hydrogens (primary N) is 1. The third kappa shape index (κ3) is 3.05. The summed E-state index contributed by atoms with van der Waals surface area (Å²) in [6.45, 7) is 7.50. The predicted octanol–water partition coefficient (Wildman–Crippen LogP) is 0.917. The Hall–Kier alpha value is -1.46. The van der Waals surface area contributed by atoms with Crippen LogP contribution in [0.1, 0.15) is 36.5 Å². The Morgan fingerprint density at radius 3 is 2.94 bits per heavy atom. The van der Waals surface area contributed by atoms with Gasteiger partial charge in [-0.25, -0.2) is 10.8 Å². The van der Waals surface area contributed by atoms with Gasteiger partial charge in [-0.05, 0) is 30.5 Å². The average Bonchev–Trinajstić information content (AvgIpc) is 2.68. The third-order valence-corrected chi connectivity index (χ3v) is 3.31. The zero-order valence-corrected chi connectivity index (χ0v) is 10.9. The average molecular weight is 248 g/mol. The fourth-order valence-electron chi connectivity index (χ4n) is 2.36. The molecule has 0 aromatic carbocycles. The van der Waals surface area contributed by atoms with Crippen LogP contribution in [0.3, 0.4) is 0 Å². The van der Waals surface area contributed by atoms with Crippen LogP contribution in [0.15, 0.2) is 18.2 Å². The molecule has 1 aromatic rings. The van der Waals surface area contributed by atoms with Crippen molar-refractivity contribution in [1.82, 2.24) is 15.3 Å². The van der Waals surface area contributed by atoms with Crippen LogP contribution in [-0.4, -0.2) is 28.9 Å². The zero-order chi connectivity index (χ0) is 13.2. The molecule has 1 amide bonds. The van der Waals surface area contributed by atoms with Gasteiger partial charge in [0.1, 0.15) is 5.69 Å². The molecule has 0 bridgehead atoms. The highest BCUT2D eigenvalue weighted by Gasteiger charge is 2.29. The molecule has 3 N–H and O–H groups in total. The molecule has 1 saturated heterocycles. The lowest BCUT2D eigenvalue weighted by molar-refractivity contribution is 0.0948. The standard InChI is InChI=1S/C13H20N4O/c1-13(2)6-7-17(9-13)8-10-4-3-5-11(15-10)12(18)16-14/h3-5H,6-9,14H2,1-2H3,(H,16,18). The number of hydrogen-bond acceptors (Lipinski definition) is 4. The third-order valence-electron chi connectivity index (χ3n) is 3.31. The molecule has 1 aromatic heterocycles. The number of carbonyl (C=O) groups is 1. The van der Waals surface area contributed by atoms with E-state index in [9.17, 15) is 4.79 Å². The lowest BCUT2D eigenvalue weighted by Crippen LogP contribution is -2.31. The Morgan fingerprint density at radius 2 is 2.33 bits per heavy atom. The normalized spacial score (nSPS) is 18.8. The summed E-state index contributed by atoms with van der Waals surface area (Å²) in [5.74, 6) is 4.75. The van der Waals surface area contributed by atoms with Crippen LogP contribution in [-0.2, 0) is 6.54 Å². The molecule has 0 saturated carbocycles. The Bertz CT molecular complexity index is 444. The second-order valence-electron chi connectivity index (χ2n) is 5.61. The van der Waals surface area contributed by atoms with Gasteiger partial charge in [0.25, 0.3) is 5.91 Å². The number of rotatable bonds is 3. The number of hydrogen-bond donors (Lipinski definition) is 2. The summed E-state index contributed by atoms with van der Waals surface area (Å²) in [6, 6.07) is 5.45. The van der Waals surface area contributed by atoms with Gasteiger partial charge in [-0.1, -0.05) is 19.9 Å². The molecule has 5 heteroatoms. The summed E-state index contributed by atoms with van der Waals surface area (Å²) in [6.07, 6.45) is 1.20. The van der Waals surface area contributed by atoms with Gasteiger partial charge in [0.15, 0.2) is 0 Å². The summed E-state index contributed by atoms with van der Waals surface area (Å²) >= 11 is 0. The number of nitrogens with one attached hydrogen (secondary N) is 1. The molecule has 2 heterocycles. The van der Waals surface area contributed by atoms with Crippen LogP contribution in [0.4, 0.5) is 0 Å². The van der Waals surface area contributed by atoms with Crippen molar-refractivity contribution in [3.8, 4) is 0 Å². The van der Waals surface area contributed by atoms with Crippen molar-refractivity contribution >= 4 is 5.91 Å². The summed E-state index contributed by atoms with van der Waals surface area (Å²) in [7, 11) is 0. The fourth-order valence-corrected chi connectivity index (χ4v) is 2.36. The highest BCUT2D eigenvalue weighted by molar-refractivity contribution is 5.91. The van der Waals surface area contributed by atoms with E-state index in [0.717, 1.165) is 25.3 Å². The summed E-state index contributed by atoms with van der Waals surface area (Å²) in [5.41, 5.74) is 3.76. The molecular weight excluding hydrogens is 228 g/mol. The number of pyridine rings is 1. The second-order valence-corrected chi connectivity index (χ2v) is 5.61.